The van der Waals surface area contributed by atoms with Crippen LogP contribution in [0.2, 0.25) is 0 Å². The van der Waals surface area contributed by atoms with E-state index in [9.17, 15) is 4.79 Å². The van der Waals surface area contributed by atoms with Gasteiger partial charge in [0.1, 0.15) is 6.61 Å². The predicted octanol–water partition coefficient (Wildman–Crippen LogP) is 1.84. The summed E-state index contributed by atoms with van der Waals surface area (Å²) < 4.78 is 4.96. The van der Waals surface area contributed by atoms with Crippen LogP contribution in [0.4, 0.5) is 0 Å². The van der Waals surface area contributed by atoms with Crippen LogP contribution in [0.15, 0.2) is 18.3 Å². The van der Waals surface area contributed by atoms with E-state index >= 15 is 0 Å². The summed E-state index contributed by atoms with van der Waals surface area (Å²) >= 11 is 0. The molecule has 0 N–H and O–H groups in total. The third kappa shape index (κ3) is 2.86. The maximum absolute atomic E-state index is 10.8. The van der Waals surface area contributed by atoms with E-state index in [4.69, 9.17) is 4.74 Å². The Labute approximate surface area is 77.8 Å². The first-order valence-corrected chi connectivity index (χ1v) is 4.30. The fourth-order valence-electron chi connectivity index (χ4n) is 0.920. The third-order valence-electron chi connectivity index (χ3n) is 1.78. The van der Waals surface area contributed by atoms with E-state index in [2.05, 4.69) is 4.98 Å². The first kappa shape index (κ1) is 9.71. The van der Waals surface area contributed by atoms with Crippen LogP contribution in [0.25, 0.3) is 0 Å². The van der Waals surface area contributed by atoms with Gasteiger partial charge in [-0.05, 0) is 18.6 Å². The lowest BCUT2D eigenvalue weighted by Crippen LogP contribution is -2.04. The zero-order valence-electron chi connectivity index (χ0n) is 7.91. The number of nitrogens with zero attached hydrogens (tertiary/aromatic N) is 1. The summed E-state index contributed by atoms with van der Waals surface area (Å²) in [5.41, 5.74) is 1.87. The zero-order chi connectivity index (χ0) is 9.68. The maximum Gasteiger partial charge on any atom is 0.305 e. The highest BCUT2D eigenvalue weighted by molar-refractivity contribution is 5.68. The van der Waals surface area contributed by atoms with Crippen LogP contribution in [0.1, 0.15) is 24.6 Å². The molecule has 0 amide bonds. The number of hydrogen-bond donors (Lipinski definition) is 0. The van der Waals surface area contributed by atoms with E-state index in [1.165, 1.54) is 0 Å². The number of aromatic nitrogens is 1. The summed E-state index contributed by atoms with van der Waals surface area (Å²) in [5.74, 6) is -0.190. The van der Waals surface area contributed by atoms with Crippen LogP contribution >= 0.6 is 0 Å². The number of pyridine rings is 1. The van der Waals surface area contributed by atoms with Gasteiger partial charge in [0.2, 0.25) is 0 Å². The van der Waals surface area contributed by atoms with Gasteiger partial charge in [0.25, 0.3) is 0 Å². The number of ether oxygens (including phenoxy) is 1. The van der Waals surface area contributed by atoms with Gasteiger partial charge >= 0.3 is 5.97 Å². The number of aryl methyl sites for hydroxylation is 1. The van der Waals surface area contributed by atoms with E-state index in [0.29, 0.717) is 6.42 Å². The molecule has 0 atom stereocenters. The van der Waals surface area contributed by atoms with Crippen molar-refractivity contribution < 1.29 is 9.53 Å². The molecule has 1 rings (SSSR count). The summed E-state index contributed by atoms with van der Waals surface area (Å²) in [6.45, 7) is 4.00. The predicted molar refractivity (Wildman–Crippen MR) is 49.1 cm³/mol. The lowest BCUT2D eigenvalue weighted by molar-refractivity contribution is -0.144. The minimum atomic E-state index is -0.190. The molecule has 0 aromatic carbocycles. The highest BCUT2D eigenvalue weighted by Crippen LogP contribution is 2.04. The second kappa shape index (κ2) is 4.60. The number of esters is 1. The van der Waals surface area contributed by atoms with Crippen LogP contribution in [0, 0.1) is 6.92 Å². The lowest BCUT2D eigenvalue weighted by atomic mass is 10.2. The van der Waals surface area contributed by atoms with Crippen LogP contribution in [0.3, 0.4) is 0 Å². The van der Waals surface area contributed by atoms with Crippen LogP contribution in [-0.2, 0) is 16.1 Å². The Morgan fingerprint density at radius 1 is 1.62 bits per heavy atom. The van der Waals surface area contributed by atoms with Crippen molar-refractivity contribution in [3.05, 3.63) is 29.6 Å². The first-order chi connectivity index (χ1) is 6.24. The molecule has 0 aliphatic carbocycles. The Bertz CT molecular complexity index is 297. The molecule has 1 heterocycles. The highest BCUT2D eigenvalue weighted by Gasteiger charge is 2.02. The molecule has 0 unspecified atom stereocenters. The van der Waals surface area contributed by atoms with Crippen molar-refractivity contribution >= 4 is 5.97 Å². The average molecular weight is 179 g/mol. The second-order valence-electron chi connectivity index (χ2n) is 2.78. The van der Waals surface area contributed by atoms with Gasteiger partial charge in [-0.15, -0.1) is 0 Å². The van der Waals surface area contributed by atoms with Gasteiger partial charge in [0.05, 0.1) is 5.69 Å². The van der Waals surface area contributed by atoms with E-state index in [-0.39, 0.29) is 12.6 Å². The number of hydrogen-bond acceptors (Lipinski definition) is 3. The Kier molecular flexibility index (Phi) is 3.43. The maximum atomic E-state index is 10.8. The van der Waals surface area contributed by atoms with Crippen molar-refractivity contribution in [3.8, 4) is 0 Å². The smallest absolute Gasteiger partial charge is 0.305 e. The van der Waals surface area contributed by atoms with Gasteiger partial charge < -0.3 is 4.74 Å². The van der Waals surface area contributed by atoms with Crippen LogP contribution in [-0.4, -0.2) is 11.0 Å². The molecule has 3 nitrogen and oxygen atoms in total. The fraction of sp³-hybridized carbons (Fsp3) is 0.400. The molecular formula is C10H13NO2. The lowest BCUT2D eigenvalue weighted by Gasteiger charge is -2.04. The topological polar surface area (TPSA) is 39.2 Å². The van der Waals surface area contributed by atoms with Crippen molar-refractivity contribution in [3.63, 3.8) is 0 Å². The van der Waals surface area contributed by atoms with E-state index < -0.39 is 0 Å². The second-order valence-corrected chi connectivity index (χ2v) is 2.78. The van der Waals surface area contributed by atoms with Gasteiger partial charge in [-0.3, -0.25) is 9.78 Å². The quantitative estimate of drug-likeness (QED) is 0.664. The SMILES string of the molecule is CCC(=O)OCc1ncccc1C. The largest absolute Gasteiger partial charge is 0.459 e. The Morgan fingerprint density at radius 3 is 3.00 bits per heavy atom. The Morgan fingerprint density at radius 2 is 2.38 bits per heavy atom. The zero-order valence-corrected chi connectivity index (χ0v) is 7.91. The van der Waals surface area contributed by atoms with E-state index in [1.54, 1.807) is 13.1 Å². The molecule has 0 saturated heterocycles. The molecule has 0 radical (unpaired) electrons. The molecule has 0 spiro atoms. The van der Waals surface area contributed by atoms with E-state index in [1.807, 2.05) is 19.1 Å². The molecule has 1 aromatic heterocycles. The van der Waals surface area contributed by atoms with Crippen molar-refractivity contribution in [1.29, 1.82) is 0 Å². The molecule has 13 heavy (non-hydrogen) atoms. The van der Waals surface area contributed by atoms with Gasteiger partial charge in [-0.25, -0.2) is 0 Å². The average Bonchev–Trinajstić information content (AvgIpc) is 2.16. The molecule has 0 aliphatic heterocycles. The summed E-state index contributed by atoms with van der Waals surface area (Å²) in [6.07, 6.45) is 2.11. The van der Waals surface area contributed by atoms with Crippen LogP contribution in [0.5, 0.6) is 0 Å². The van der Waals surface area contributed by atoms with Gasteiger partial charge in [-0.2, -0.15) is 0 Å². The van der Waals surface area contributed by atoms with Crippen molar-refractivity contribution in [2.24, 2.45) is 0 Å². The number of carbonyl (C=O) groups excluding carboxylic acids is 1. The Hall–Kier alpha value is -1.38. The van der Waals surface area contributed by atoms with Crippen molar-refractivity contribution in [1.82, 2.24) is 4.98 Å². The first-order valence-electron chi connectivity index (χ1n) is 4.30. The third-order valence-corrected chi connectivity index (χ3v) is 1.78. The number of carbonyl (C=O) groups is 1. The summed E-state index contributed by atoms with van der Waals surface area (Å²) in [7, 11) is 0. The molecular weight excluding hydrogens is 166 g/mol. The van der Waals surface area contributed by atoms with Crippen LogP contribution < -0.4 is 0 Å². The van der Waals surface area contributed by atoms with Gasteiger partial charge in [0.15, 0.2) is 0 Å². The minimum absolute atomic E-state index is 0.190. The number of rotatable bonds is 3. The molecule has 0 saturated carbocycles. The normalized spacial score (nSPS) is 9.69. The molecule has 0 bridgehead atoms. The monoisotopic (exact) mass is 179 g/mol. The molecule has 0 aliphatic rings. The Balaban J connectivity index is 2.54. The van der Waals surface area contributed by atoms with E-state index in [0.717, 1.165) is 11.3 Å². The molecule has 70 valence electrons. The van der Waals surface area contributed by atoms with Crippen molar-refractivity contribution in [2.45, 2.75) is 26.9 Å². The highest BCUT2D eigenvalue weighted by atomic mass is 16.5. The van der Waals surface area contributed by atoms with Crippen molar-refractivity contribution in [2.75, 3.05) is 0 Å². The standard InChI is InChI=1S/C10H13NO2/c1-3-10(12)13-7-9-8(2)5-4-6-11-9/h4-6H,3,7H2,1-2H3. The summed E-state index contributed by atoms with van der Waals surface area (Å²) in [5, 5.41) is 0. The fourth-order valence-corrected chi connectivity index (χ4v) is 0.920. The minimum Gasteiger partial charge on any atom is -0.459 e. The molecule has 1 aromatic rings. The molecule has 0 fully saturated rings. The summed E-state index contributed by atoms with van der Waals surface area (Å²) in [4.78, 5) is 15.0. The molecule has 3 heteroatoms. The van der Waals surface area contributed by atoms with Gasteiger partial charge in [0, 0.05) is 12.6 Å². The summed E-state index contributed by atoms with van der Waals surface area (Å²) in [6, 6.07) is 3.81. The van der Waals surface area contributed by atoms with Gasteiger partial charge in [-0.1, -0.05) is 13.0 Å².